The lowest BCUT2D eigenvalue weighted by Crippen LogP contribution is -2.13. The quantitative estimate of drug-likeness (QED) is 0.650. The Bertz CT molecular complexity index is 386. The van der Waals surface area contributed by atoms with E-state index >= 15 is 0 Å². The van der Waals surface area contributed by atoms with Gasteiger partial charge in [-0.3, -0.25) is 4.79 Å². The maximum Gasteiger partial charge on any atom is 0.227 e. The van der Waals surface area contributed by atoms with Gasteiger partial charge in [0.15, 0.2) is 0 Å². The number of anilines is 1. The molecule has 0 heterocycles. The highest BCUT2D eigenvalue weighted by Crippen LogP contribution is 2.32. The van der Waals surface area contributed by atoms with Gasteiger partial charge in [-0.15, -0.1) is 0 Å². The molecule has 0 bridgehead atoms. The first-order valence-corrected chi connectivity index (χ1v) is 5.03. The van der Waals surface area contributed by atoms with E-state index in [-0.39, 0.29) is 17.6 Å². The molecular weight excluding hydrogens is 192 g/mol. The predicted molar refractivity (Wildman–Crippen MR) is 57.4 cm³/mol. The second kappa shape index (κ2) is 3.90. The first kappa shape index (κ1) is 9.98. The van der Waals surface area contributed by atoms with Gasteiger partial charge in [0.25, 0.3) is 0 Å². The van der Waals surface area contributed by atoms with Crippen LogP contribution in [0.3, 0.4) is 0 Å². The molecule has 1 fully saturated rings. The summed E-state index contributed by atoms with van der Waals surface area (Å²) in [4.78, 5) is 11.4. The number of phenolic OH excluding ortho intramolecular Hbond substituents is 1. The molecule has 1 amide bonds. The van der Waals surface area contributed by atoms with Crippen molar-refractivity contribution in [2.24, 2.45) is 11.7 Å². The molecule has 4 nitrogen and oxygen atoms in total. The molecule has 0 unspecified atom stereocenters. The van der Waals surface area contributed by atoms with Crippen LogP contribution in [0, 0.1) is 5.92 Å². The van der Waals surface area contributed by atoms with Crippen LogP contribution in [-0.4, -0.2) is 11.0 Å². The first-order valence-electron chi connectivity index (χ1n) is 5.03. The van der Waals surface area contributed by atoms with Gasteiger partial charge in [-0.1, -0.05) is 6.07 Å². The fourth-order valence-electron chi connectivity index (χ4n) is 1.39. The molecule has 1 aromatic carbocycles. The minimum Gasteiger partial charge on any atom is -0.506 e. The predicted octanol–water partition coefficient (Wildman–Crippen LogP) is 1.20. The Morgan fingerprint density at radius 2 is 2.27 bits per heavy atom. The van der Waals surface area contributed by atoms with Crippen molar-refractivity contribution < 1.29 is 9.90 Å². The summed E-state index contributed by atoms with van der Waals surface area (Å²) in [7, 11) is 0. The SMILES string of the molecule is NCc1ccc(NC(=O)C2CC2)c(O)c1. The zero-order chi connectivity index (χ0) is 10.8. The number of rotatable bonds is 3. The van der Waals surface area contributed by atoms with Gasteiger partial charge in [0.1, 0.15) is 5.75 Å². The van der Waals surface area contributed by atoms with E-state index in [0.29, 0.717) is 12.2 Å². The number of nitrogens with one attached hydrogen (secondary N) is 1. The Morgan fingerprint density at radius 3 is 2.80 bits per heavy atom. The number of phenols is 1. The molecule has 0 spiro atoms. The molecule has 0 aromatic heterocycles. The molecule has 1 aromatic rings. The number of nitrogens with two attached hydrogens (primary N) is 1. The van der Waals surface area contributed by atoms with Crippen molar-refractivity contribution in [1.82, 2.24) is 0 Å². The molecule has 0 aliphatic heterocycles. The third-order valence-electron chi connectivity index (χ3n) is 2.50. The smallest absolute Gasteiger partial charge is 0.227 e. The summed E-state index contributed by atoms with van der Waals surface area (Å²) in [5.41, 5.74) is 6.74. The topological polar surface area (TPSA) is 75.3 Å². The number of amides is 1. The molecular formula is C11H14N2O2. The van der Waals surface area contributed by atoms with Crippen LogP contribution >= 0.6 is 0 Å². The highest BCUT2D eigenvalue weighted by molar-refractivity contribution is 5.95. The number of carbonyl (C=O) groups excluding carboxylic acids is 1. The van der Waals surface area contributed by atoms with Crippen LogP contribution in [0.4, 0.5) is 5.69 Å². The van der Waals surface area contributed by atoms with Crippen LogP contribution < -0.4 is 11.1 Å². The van der Waals surface area contributed by atoms with Crippen molar-refractivity contribution in [3.8, 4) is 5.75 Å². The Morgan fingerprint density at radius 1 is 1.53 bits per heavy atom. The van der Waals surface area contributed by atoms with Crippen LogP contribution in [0.25, 0.3) is 0 Å². The van der Waals surface area contributed by atoms with Crippen molar-refractivity contribution in [2.45, 2.75) is 19.4 Å². The number of aromatic hydroxyl groups is 1. The molecule has 1 saturated carbocycles. The molecule has 15 heavy (non-hydrogen) atoms. The van der Waals surface area contributed by atoms with E-state index in [1.165, 1.54) is 0 Å². The van der Waals surface area contributed by atoms with Gasteiger partial charge in [0, 0.05) is 12.5 Å². The monoisotopic (exact) mass is 206 g/mol. The number of hydrogen-bond donors (Lipinski definition) is 3. The summed E-state index contributed by atoms with van der Waals surface area (Å²) in [6.07, 6.45) is 1.90. The zero-order valence-corrected chi connectivity index (χ0v) is 8.36. The summed E-state index contributed by atoms with van der Waals surface area (Å²) >= 11 is 0. The van der Waals surface area contributed by atoms with Crippen molar-refractivity contribution in [1.29, 1.82) is 0 Å². The largest absolute Gasteiger partial charge is 0.506 e. The number of carbonyl (C=O) groups is 1. The summed E-state index contributed by atoms with van der Waals surface area (Å²) in [5, 5.41) is 12.3. The Hall–Kier alpha value is -1.55. The van der Waals surface area contributed by atoms with Crippen molar-refractivity contribution in [3.05, 3.63) is 23.8 Å². The van der Waals surface area contributed by atoms with E-state index in [0.717, 1.165) is 18.4 Å². The van der Waals surface area contributed by atoms with Crippen molar-refractivity contribution in [2.75, 3.05) is 5.32 Å². The fraction of sp³-hybridized carbons (Fsp3) is 0.364. The van der Waals surface area contributed by atoms with Gasteiger partial charge in [0.2, 0.25) is 5.91 Å². The van der Waals surface area contributed by atoms with Crippen LogP contribution in [0.15, 0.2) is 18.2 Å². The average Bonchev–Trinajstić information content (AvgIpc) is 3.04. The van der Waals surface area contributed by atoms with Gasteiger partial charge in [0.05, 0.1) is 5.69 Å². The fourth-order valence-corrected chi connectivity index (χ4v) is 1.39. The van der Waals surface area contributed by atoms with Gasteiger partial charge in [-0.25, -0.2) is 0 Å². The van der Waals surface area contributed by atoms with E-state index in [2.05, 4.69) is 5.32 Å². The van der Waals surface area contributed by atoms with Crippen LogP contribution in [-0.2, 0) is 11.3 Å². The molecule has 0 atom stereocenters. The molecule has 80 valence electrons. The van der Waals surface area contributed by atoms with E-state index in [1.807, 2.05) is 0 Å². The third-order valence-corrected chi connectivity index (χ3v) is 2.50. The van der Waals surface area contributed by atoms with Gasteiger partial charge >= 0.3 is 0 Å². The molecule has 1 aliphatic carbocycles. The zero-order valence-electron chi connectivity index (χ0n) is 8.36. The second-order valence-electron chi connectivity index (χ2n) is 3.82. The van der Waals surface area contributed by atoms with Gasteiger partial charge in [-0.2, -0.15) is 0 Å². The van der Waals surface area contributed by atoms with Crippen molar-refractivity contribution in [3.63, 3.8) is 0 Å². The maximum absolute atomic E-state index is 11.4. The van der Waals surface area contributed by atoms with E-state index < -0.39 is 0 Å². The average molecular weight is 206 g/mol. The summed E-state index contributed by atoms with van der Waals surface area (Å²) in [6, 6.07) is 5.04. The Kier molecular flexibility index (Phi) is 2.60. The van der Waals surface area contributed by atoms with Crippen LogP contribution in [0.2, 0.25) is 0 Å². The number of benzene rings is 1. The van der Waals surface area contributed by atoms with Crippen molar-refractivity contribution >= 4 is 11.6 Å². The van der Waals surface area contributed by atoms with E-state index in [1.54, 1.807) is 18.2 Å². The summed E-state index contributed by atoms with van der Waals surface area (Å²) in [6.45, 7) is 0.379. The first-order chi connectivity index (χ1) is 7.20. The Labute approximate surface area is 88.1 Å². The molecule has 2 rings (SSSR count). The van der Waals surface area contributed by atoms with Crippen LogP contribution in [0.1, 0.15) is 18.4 Å². The minimum atomic E-state index is -0.00852. The standard InChI is InChI=1S/C11H14N2O2/c12-6-7-1-4-9(10(14)5-7)13-11(15)8-2-3-8/h1,4-5,8,14H,2-3,6,12H2,(H,13,15). The van der Waals surface area contributed by atoms with Crippen LogP contribution in [0.5, 0.6) is 5.75 Å². The highest BCUT2D eigenvalue weighted by atomic mass is 16.3. The maximum atomic E-state index is 11.4. The minimum absolute atomic E-state index is 0.00852. The normalized spacial score (nSPS) is 15.0. The summed E-state index contributed by atoms with van der Waals surface area (Å²) < 4.78 is 0. The lowest BCUT2D eigenvalue weighted by molar-refractivity contribution is -0.117. The third kappa shape index (κ3) is 2.27. The lowest BCUT2D eigenvalue weighted by Gasteiger charge is -2.07. The van der Waals surface area contributed by atoms with E-state index in [9.17, 15) is 9.90 Å². The molecule has 4 N–H and O–H groups in total. The van der Waals surface area contributed by atoms with E-state index in [4.69, 9.17) is 5.73 Å². The van der Waals surface area contributed by atoms with Gasteiger partial charge < -0.3 is 16.2 Å². The molecule has 0 saturated heterocycles. The lowest BCUT2D eigenvalue weighted by atomic mass is 10.2. The number of hydrogen-bond acceptors (Lipinski definition) is 3. The molecule has 4 heteroatoms. The molecule has 0 radical (unpaired) electrons. The van der Waals surface area contributed by atoms with Gasteiger partial charge in [-0.05, 0) is 30.5 Å². The Balaban J connectivity index is 2.10. The summed E-state index contributed by atoms with van der Waals surface area (Å²) in [5.74, 6) is 0.205. The molecule has 1 aliphatic rings. The highest BCUT2D eigenvalue weighted by Gasteiger charge is 2.29. The second-order valence-corrected chi connectivity index (χ2v) is 3.82.